The Balaban J connectivity index is 1.85. The highest BCUT2D eigenvalue weighted by Crippen LogP contribution is 2.20. The molecule has 1 heterocycles. The Bertz CT molecular complexity index is 320. The van der Waals surface area contributed by atoms with Crippen LogP contribution in [0.5, 0.6) is 0 Å². The smallest absolute Gasteiger partial charge is 0.240 e. The molecule has 5 heteroatoms. The molecule has 1 aliphatic heterocycles. The van der Waals surface area contributed by atoms with Gasteiger partial charge in [0.25, 0.3) is 0 Å². The minimum atomic E-state index is -0.723. The zero-order valence-corrected chi connectivity index (χ0v) is 10.2. The van der Waals surface area contributed by atoms with E-state index in [0.717, 1.165) is 25.0 Å². The summed E-state index contributed by atoms with van der Waals surface area (Å²) < 4.78 is 0. The van der Waals surface area contributed by atoms with Crippen molar-refractivity contribution in [2.75, 3.05) is 26.7 Å². The number of likely N-dealkylation sites (N-methyl/N-ethyl adjacent to an activating group) is 1. The van der Waals surface area contributed by atoms with Crippen molar-refractivity contribution in [3.8, 4) is 0 Å². The molecule has 1 aliphatic carbocycles. The van der Waals surface area contributed by atoms with Gasteiger partial charge in [0.2, 0.25) is 5.91 Å². The molecule has 0 aromatic heterocycles. The second kappa shape index (κ2) is 5.16. The predicted octanol–water partition coefficient (Wildman–Crippen LogP) is -0.450. The van der Waals surface area contributed by atoms with E-state index in [-0.39, 0.29) is 12.5 Å². The van der Waals surface area contributed by atoms with E-state index >= 15 is 0 Å². The first kappa shape index (κ1) is 12.5. The van der Waals surface area contributed by atoms with Crippen LogP contribution in [0.25, 0.3) is 0 Å². The predicted molar refractivity (Wildman–Crippen MR) is 63.2 cm³/mol. The van der Waals surface area contributed by atoms with Crippen molar-refractivity contribution in [2.45, 2.75) is 31.5 Å². The number of likely N-dealkylation sites (tertiary alicyclic amines) is 1. The summed E-state index contributed by atoms with van der Waals surface area (Å²) in [6.07, 6.45) is 3.79. The standard InChI is InChI=1S/C12H20N2O3/c1-13(9-4-2-3-5-9)12(17)8-14-6-10(15)11(16)7-14/h4,10-11,15-16H,2-3,5-8H2,1H3/t10-,11+. The fourth-order valence-corrected chi connectivity index (χ4v) is 2.39. The Hall–Kier alpha value is -0.910. The number of aliphatic hydroxyl groups is 2. The van der Waals surface area contributed by atoms with E-state index in [1.54, 1.807) is 16.8 Å². The molecule has 2 N–H and O–H groups in total. The van der Waals surface area contributed by atoms with Gasteiger partial charge < -0.3 is 15.1 Å². The maximum Gasteiger partial charge on any atom is 0.240 e. The molecule has 2 atom stereocenters. The van der Waals surface area contributed by atoms with Crippen molar-refractivity contribution >= 4 is 5.91 Å². The minimum absolute atomic E-state index is 0.0273. The van der Waals surface area contributed by atoms with Gasteiger partial charge in [-0.2, -0.15) is 0 Å². The normalized spacial score (nSPS) is 29.5. The summed E-state index contributed by atoms with van der Waals surface area (Å²) in [6.45, 7) is 1.02. The summed E-state index contributed by atoms with van der Waals surface area (Å²) >= 11 is 0. The molecule has 96 valence electrons. The molecule has 0 unspecified atom stereocenters. The first-order chi connectivity index (χ1) is 8.08. The number of hydrogen-bond donors (Lipinski definition) is 2. The minimum Gasteiger partial charge on any atom is -0.389 e. The summed E-state index contributed by atoms with van der Waals surface area (Å²) in [5.74, 6) is 0.0273. The van der Waals surface area contributed by atoms with Crippen LogP contribution in [0.2, 0.25) is 0 Å². The Kier molecular flexibility index (Phi) is 3.81. The third-order valence-electron chi connectivity index (χ3n) is 3.52. The molecule has 1 fully saturated rings. The van der Waals surface area contributed by atoms with Crippen LogP contribution in [0.1, 0.15) is 19.3 Å². The molecule has 0 radical (unpaired) electrons. The van der Waals surface area contributed by atoms with E-state index in [2.05, 4.69) is 6.08 Å². The highest BCUT2D eigenvalue weighted by Gasteiger charge is 2.31. The Morgan fingerprint density at radius 1 is 1.47 bits per heavy atom. The largest absolute Gasteiger partial charge is 0.389 e. The molecule has 1 amide bonds. The fraction of sp³-hybridized carbons (Fsp3) is 0.750. The van der Waals surface area contributed by atoms with Crippen molar-refractivity contribution in [1.29, 1.82) is 0 Å². The van der Waals surface area contributed by atoms with Crippen molar-refractivity contribution < 1.29 is 15.0 Å². The van der Waals surface area contributed by atoms with Gasteiger partial charge >= 0.3 is 0 Å². The number of carbonyl (C=O) groups is 1. The first-order valence-electron chi connectivity index (χ1n) is 6.12. The Morgan fingerprint density at radius 3 is 2.65 bits per heavy atom. The number of carbonyl (C=O) groups excluding carboxylic acids is 1. The van der Waals surface area contributed by atoms with Crippen molar-refractivity contribution in [3.05, 3.63) is 11.8 Å². The van der Waals surface area contributed by atoms with E-state index in [0.29, 0.717) is 13.1 Å². The van der Waals surface area contributed by atoms with Crippen LogP contribution in [0, 0.1) is 0 Å². The number of rotatable bonds is 3. The van der Waals surface area contributed by atoms with Crippen LogP contribution in [-0.4, -0.2) is 64.8 Å². The molecular formula is C12H20N2O3. The molecule has 0 aromatic rings. The number of amides is 1. The lowest BCUT2D eigenvalue weighted by molar-refractivity contribution is -0.129. The van der Waals surface area contributed by atoms with Crippen LogP contribution >= 0.6 is 0 Å². The van der Waals surface area contributed by atoms with Crippen LogP contribution in [-0.2, 0) is 4.79 Å². The number of β-amino-alcohol motifs (C(OH)–C–C–N with tert-alkyl or cyclic N) is 2. The van der Waals surface area contributed by atoms with E-state index in [4.69, 9.17) is 0 Å². The lowest BCUT2D eigenvalue weighted by atomic mass is 10.3. The molecule has 1 saturated heterocycles. The molecular weight excluding hydrogens is 220 g/mol. The summed E-state index contributed by atoms with van der Waals surface area (Å²) in [4.78, 5) is 15.5. The fourth-order valence-electron chi connectivity index (χ4n) is 2.39. The molecule has 5 nitrogen and oxygen atoms in total. The lowest BCUT2D eigenvalue weighted by Crippen LogP contribution is -2.37. The second-order valence-corrected chi connectivity index (χ2v) is 4.87. The summed E-state index contributed by atoms with van der Waals surface area (Å²) in [7, 11) is 1.79. The SMILES string of the molecule is CN(C(=O)CN1C[C@@H](O)[C@@H](O)C1)C1=CCCC1. The highest BCUT2D eigenvalue weighted by molar-refractivity contribution is 5.79. The van der Waals surface area contributed by atoms with Gasteiger partial charge in [-0.15, -0.1) is 0 Å². The van der Waals surface area contributed by atoms with Crippen LogP contribution in [0.15, 0.2) is 11.8 Å². The van der Waals surface area contributed by atoms with Gasteiger partial charge in [0.05, 0.1) is 18.8 Å². The Labute approximate surface area is 101 Å². The maximum atomic E-state index is 12.0. The number of allylic oxidation sites excluding steroid dienone is 2. The lowest BCUT2D eigenvalue weighted by Gasteiger charge is -2.22. The van der Waals surface area contributed by atoms with Crippen molar-refractivity contribution in [2.24, 2.45) is 0 Å². The van der Waals surface area contributed by atoms with E-state index in [9.17, 15) is 15.0 Å². The van der Waals surface area contributed by atoms with Crippen molar-refractivity contribution in [1.82, 2.24) is 9.80 Å². The maximum absolute atomic E-state index is 12.0. The molecule has 17 heavy (non-hydrogen) atoms. The topological polar surface area (TPSA) is 64.0 Å². The number of nitrogens with zero attached hydrogens (tertiary/aromatic N) is 2. The van der Waals surface area contributed by atoms with Gasteiger partial charge in [0, 0.05) is 25.8 Å². The van der Waals surface area contributed by atoms with Crippen LogP contribution < -0.4 is 0 Å². The van der Waals surface area contributed by atoms with Gasteiger partial charge in [-0.25, -0.2) is 0 Å². The van der Waals surface area contributed by atoms with Crippen LogP contribution in [0.3, 0.4) is 0 Å². The highest BCUT2D eigenvalue weighted by atomic mass is 16.3. The van der Waals surface area contributed by atoms with E-state index < -0.39 is 12.2 Å². The molecule has 2 rings (SSSR count). The zero-order valence-electron chi connectivity index (χ0n) is 10.2. The number of hydrogen-bond acceptors (Lipinski definition) is 4. The monoisotopic (exact) mass is 240 g/mol. The molecule has 0 bridgehead atoms. The summed E-state index contributed by atoms with van der Waals surface area (Å²) in [5, 5.41) is 18.8. The molecule has 2 aliphatic rings. The summed E-state index contributed by atoms with van der Waals surface area (Å²) in [5.41, 5.74) is 1.09. The molecule has 0 spiro atoms. The van der Waals surface area contributed by atoms with Gasteiger partial charge in [-0.1, -0.05) is 6.08 Å². The van der Waals surface area contributed by atoms with Crippen LogP contribution in [0.4, 0.5) is 0 Å². The van der Waals surface area contributed by atoms with Gasteiger partial charge in [-0.05, 0) is 19.3 Å². The third kappa shape index (κ3) is 2.86. The van der Waals surface area contributed by atoms with E-state index in [1.165, 1.54) is 0 Å². The van der Waals surface area contributed by atoms with Gasteiger partial charge in [-0.3, -0.25) is 9.69 Å². The van der Waals surface area contributed by atoms with Crippen molar-refractivity contribution in [3.63, 3.8) is 0 Å². The third-order valence-corrected chi connectivity index (χ3v) is 3.52. The van der Waals surface area contributed by atoms with E-state index in [1.807, 2.05) is 0 Å². The first-order valence-corrected chi connectivity index (χ1v) is 6.12. The molecule has 0 saturated carbocycles. The zero-order chi connectivity index (χ0) is 12.4. The average Bonchev–Trinajstić information content (AvgIpc) is 2.89. The van der Waals surface area contributed by atoms with Gasteiger partial charge in [0.1, 0.15) is 0 Å². The van der Waals surface area contributed by atoms with Gasteiger partial charge in [0.15, 0.2) is 0 Å². The molecule has 0 aromatic carbocycles. The Morgan fingerprint density at radius 2 is 2.12 bits per heavy atom. The summed E-state index contributed by atoms with van der Waals surface area (Å²) in [6, 6.07) is 0. The average molecular weight is 240 g/mol. The number of aliphatic hydroxyl groups excluding tert-OH is 2. The quantitative estimate of drug-likeness (QED) is 0.701. The second-order valence-electron chi connectivity index (χ2n) is 4.87.